The van der Waals surface area contributed by atoms with Crippen LogP contribution in [0, 0.1) is 0 Å². The van der Waals surface area contributed by atoms with Gasteiger partial charge in [-0.1, -0.05) is 23.5 Å². The van der Waals surface area contributed by atoms with Gasteiger partial charge in [0.2, 0.25) is 0 Å². The van der Waals surface area contributed by atoms with Gasteiger partial charge >= 0.3 is 11.9 Å². The van der Waals surface area contributed by atoms with Crippen LogP contribution in [-0.2, 0) is 9.47 Å². The van der Waals surface area contributed by atoms with Gasteiger partial charge in [-0.25, -0.2) is 29.5 Å². The Balaban J connectivity index is 0.000000271. The molecule has 0 saturated heterocycles. The highest BCUT2D eigenvalue weighted by Crippen LogP contribution is 2.15. The van der Waals surface area contributed by atoms with Crippen LogP contribution in [0.5, 0.6) is 0 Å². The summed E-state index contributed by atoms with van der Waals surface area (Å²) in [5.74, 6) is -0.711. The van der Waals surface area contributed by atoms with Gasteiger partial charge < -0.3 is 20.9 Å². The van der Waals surface area contributed by atoms with Gasteiger partial charge in [0.1, 0.15) is 22.8 Å². The maximum Gasteiger partial charge on any atom is 0.343 e. The number of nitrogen functional groups attached to an aromatic ring is 2. The molecule has 0 amide bonds. The molecule has 0 fully saturated rings. The van der Waals surface area contributed by atoms with Crippen molar-refractivity contribution in [1.82, 2.24) is 19.9 Å². The van der Waals surface area contributed by atoms with Crippen LogP contribution in [0.2, 0.25) is 0 Å². The number of thioether (sulfide) groups is 2. The lowest BCUT2D eigenvalue weighted by Gasteiger charge is -2.04. The molecule has 0 bridgehead atoms. The van der Waals surface area contributed by atoms with Crippen LogP contribution in [0.1, 0.15) is 27.6 Å². The maximum absolute atomic E-state index is 11.3. The van der Waals surface area contributed by atoms with Crippen molar-refractivity contribution in [1.29, 1.82) is 0 Å². The average molecular weight is 412 g/mol. The number of rotatable bonds is 5. The van der Waals surface area contributed by atoms with E-state index in [-0.39, 0.29) is 22.8 Å². The van der Waals surface area contributed by atoms with Gasteiger partial charge in [0.15, 0.2) is 10.3 Å². The second-order valence-electron chi connectivity index (χ2n) is 4.52. The quantitative estimate of drug-likeness (QED) is 0.415. The van der Waals surface area contributed by atoms with E-state index in [0.717, 1.165) is 0 Å². The van der Waals surface area contributed by atoms with Crippen molar-refractivity contribution < 1.29 is 19.1 Å². The maximum atomic E-state index is 11.3. The Morgan fingerprint density at radius 2 is 1.41 bits per heavy atom. The van der Waals surface area contributed by atoms with Gasteiger partial charge in [-0.2, -0.15) is 0 Å². The summed E-state index contributed by atoms with van der Waals surface area (Å²) in [7, 11) is 1.28. The summed E-state index contributed by atoms with van der Waals surface area (Å²) in [6, 6.07) is 0. The Bertz CT molecular complexity index is 806. The third-order valence-electron chi connectivity index (χ3n) is 2.86. The Labute approximate surface area is 164 Å². The number of nitrogens with two attached hydrogens (primary N) is 2. The van der Waals surface area contributed by atoms with E-state index in [4.69, 9.17) is 16.2 Å². The highest BCUT2D eigenvalue weighted by Gasteiger charge is 2.13. The first kappa shape index (κ1) is 22.4. The zero-order valence-electron chi connectivity index (χ0n) is 15.3. The fourth-order valence-corrected chi connectivity index (χ4v) is 2.28. The number of aromatic nitrogens is 4. The lowest BCUT2D eigenvalue weighted by Crippen LogP contribution is -2.10. The van der Waals surface area contributed by atoms with Crippen LogP contribution >= 0.6 is 23.5 Å². The number of hydrogen-bond donors (Lipinski definition) is 2. The van der Waals surface area contributed by atoms with E-state index < -0.39 is 11.9 Å². The Hall–Kier alpha value is -2.60. The van der Waals surface area contributed by atoms with Crippen molar-refractivity contribution in [2.45, 2.75) is 17.2 Å². The van der Waals surface area contributed by atoms with E-state index in [0.29, 0.717) is 16.9 Å². The summed E-state index contributed by atoms with van der Waals surface area (Å²) in [5, 5.41) is 1.07. The molecule has 2 aromatic heterocycles. The molecule has 0 spiro atoms. The van der Waals surface area contributed by atoms with Crippen molar-refractivity contribution in [2.24, 2.45) is 0 Å². The molecule has 146 valence electrons. The number of anilines is 2. The minimum Gasteiger partial charge on any atom is -0.465 e. The number of esters is 2. The van der Waals surface area contributed by atoms with Gasteiger partial charge in [0, 0.05) is 12.4 Å². The van der Waals surface area contributed by atoms with Crippen LogP contribution in [0.25, 0.3) is 0 Å². The zero-order chi connectivity index (χ0) is 20.4. The molecule has 0 aromatic carbocycles. The van der Waals surface area contributed by atoms with Crippen LogP contribution in [-0.4, -0.2) is 58.1 Å². The number of methoxy groups -OCH3 is 1. The van der Waals surface area contributed by atoms with Crippen LogP contribution in [0.3, 0.4) is 0 Å². The summed E-state index contributed by atoms with van der Waals surface area (Å²) < 4.78 is 9.26. The first-order valence-electron chi connectivity index (χ1n) is 7.46. The average Bonchev–Trinajstić information content (AvgIpc) is 2.67. The molecule has 0 saturated carbocycles. The lowest BCUT2D eigenvalue weighted by atomic mass is 10.3. The van der Waals surface area contributed by atoms with E-state index >= 15 is 0 Å². The third kappa shape index (κ3) is 6.57. The number of carbonyl (C=O) groups is 2. The molecule has 12 heteroatoms. The summed E-state index contributed by atoms with van der Waals surface area (Å²) in [6.45, 7) is 2.04. The molecule has 2 aromatic rings. The van der Waals surface area contributed by atoms with Crippen LogP contribution in [0.4, 0.5) is 11.6 Å². The van der Waals surface area contributed by atoms with Gasteiger partial charge in [-0.15, -0.1) is 0 Å². The summed E-state index contributed by atoms with van der Waals surface area (Å²) in [5.41, 5.74) is 11.5. The van der Waals surface area contributed by atoms with Crippen molar-refractivity contribution in [2.75, 3.05) is 37.7 Å². The zero-order valence-corrected chi connectivity index (χ0v) is 16.9. The van der Waals surface area contributed by atoms with Gasteiger partial charge in [-0.05, 0) is 19.4 Å². The number of hydrogen-bond acceptors (Lipinski definition) is 12. The molecule has 4 N–H and O–H groups in total. The molecule has 0 aliphatic carbocycles. The second kappa shape index (κ2) is 11.2. The topological polar surface area (TPSA) is 156 Å². The molecule has 0 aliphatic rings. The van der Waals surface area contributed by atoms with Gasteiger partial charge in [0.25, 0.3) is 0 Å². The highest BCUT2D eigenvalue weighted by atomic mass is 32.2. The van der Waals surface area contributed by atoms with Crippen LogP contribution in [0.15, 0.2) is 22.7 Å². The largest absolute Gasteiger partial charge is 0.465 e. The fraction of sp³-hybridized carbons (Fsp3) is 0.333. The first-order valence-corrected chi connectivity index (χ1v) is 9.91. The molecule has 0 aliphatic heterocycles. The smallest absolute Gasteiger partial charge is 0.343 e. The normalized spacial score (nSPS) is 9.78. The molecule has 10 nitrogen and oxygen atoms in total. The molecular formula is C15H20N6O4S2. The minimum atomic E-state index is -0.523. The standard InChI is InChI=1S/C8H11N3O2S.C7H9N3O2S/c1-3-13-7(12)5-4-10-8(14-2)11-6(5)9;1-12-6(11)4-3-9-7(13-2)10-5(4)8/h4H,3H2,1-2H3,(H2,9,10,11);3H,1-2H3,(H2,8,9,10). The van der Waals surface area contributed by atoms with Gasteiger partial charge in [0.05, 0.1) is 13.7 Å². The predicted octanol–water partition coefficient (Wildman–Crippen LogP) is 1.52. The van der Waals surface area contributed by atoms with E-state index in [1.165, 1.54) is 43.0 Å². The molecule has 0 atom stereocenters. The molecule has 2 rings (SSSR count). The summed E-state index contributed by atoms with van der Waals surface area (Å²) in [6.07, 6.45) is 6.40. The van der Waals surface area contributed by atoms with Crippen LogP contribution < -0.4 is 11.5 Å². The predicted molar refractivity (Wildman–Crippen MR) is 104 cm³/mol. The SMILES string of the molecule is CCOC(=O)c1cnc(SC)nc1N.COC(=O)c1cnc(SC)nc1N. The highest BCUT2D eigenvalue weighted by molar-refractivity contribution is 7.98. The number of ether oxygens (including phenoxy) is 2. The molecule has 0 unspecified atom stereocenters. The fourth-order valence-electron chi connectivity index (χ4n) is 1.59. The summed E-state index contributed by atoms with van der Waals surface area (Å²) >= 11 is 2.72. The van der Waals surface area contributed by atoms with E-state index in [1.807, 2.05) is 12.5 Å². The molecular weight excluding hydrogens is 392 g/mol. The van der Waals surface area contributed by atoms with Crippen molar-refractivity contribution >= 4 is 47.1 Å². The monoisotopic (exact) mass is 412 g/mol. The third-order valence-corrected chi connectivity index (χ3v) is 3.98. The molecule has 27 heavy (non-hydrogen) atoms. The van der Waals surface area contributed by atoms with Gasteiger partial charge in [-0.3, -0.25) is 0 Å². The second-order valence-corrected chi connectivity index (χ2v) is 6.07. The van der Waals surface area contributed by atoms with E-state index in [1.54, 1.807) is 6.92 Å². The van der Waals surface area contributed by atoms with Crippen molar-refractivity contribution in [3.8, 4) is 0 Å². The lowest BCUT2D eigenvalue weighted by molar-refractivity contribution is 0.0525. The first-order chi connectivity index (χ1) is 12.9. The summed E-state index contributed by atoms with van der Waals surface area (Å²) in [4.78, 5) is 38.0. The molecule has 2 heterocycles. The van der Waals surface area contributed by atoms with E-state index in [2.05, 4.69) is 24.7 Å². The minimum absolute atomic E-state index is 0.145. The number of carbonyl (C=O) groups excluding carboxylic acids is 2. The van der Waals surface area contributed by atoms with E-state index in [9.17, 15) is 9.59 Å². The Kier molecular flexibility index (Phi) is 9.30. The van der Waals surface area contributed by atoms with Crippen molar-refractivity contribution in [3.63, 3.8) is 0 Å². The van der Waals surface area contributed by atoms with Crippen molar-refractivity contribution in [3.05, 3.63) is 23.5 Å². The molecule has 0 radical (unpaired) electrons. The number of nitrogens with zero attached hydrogens (tertiary/aromatic N) is 4. The Morgan fingerprint density at radius 1 is 0.963 bits per heavy atom. The Morgan fingerprint density at radius 3 is 1.74 bits per heavy atom.